The van der Waals surface area contributed by atoms with Gasteiger partial charge in [0.15, 0.2) is 0 Å². The second kappa shape index (κ2) is 7.36. The molecule has 3 rings (SSSR count). The lowest BCUT2D eigenvalue weighted by Crippen LogP contribution is -1.92. The molecule has 124 valence electrons. The van der Waals surface area contributed by atoms with Gasteiger partial charge < -0.3 is 14.2 Å². The molecule has 0 atom stereocenters. The van der Waals surface area contributed by atoms with Gasteiger partial charge in [0.2, 0.25) is 0 Å². The molecule has 0 aliphatic rings. The molecular weight excluding hydrogens is 322 g/mol. The van der Waals surface area contributed by atoms with E-state index in [0.29, 0.717) is 0 Å². The van der Waals surface area contributed by atoms with E-state index in [1.54, 1.807) is 32.7 Å². The lowest BCUT2D eigenvalue weighted by molar-refractivity contribution is 0.395. The average molecular weight is 341 g/mol. The highest BCUT2D eigenvalue weighted by Gasteiger charge is 2.11. The third kappa shape index (κ3) is 3.51. The van der Waals surface area contributed by atoms with Crippen molar-refractivity contribution >= 4 is 11.3 Å². The van der Waals surface area contributed by atoms with Crippen LogP contribution in [0.1, 0.15) is 10.6 Å². The smallest absolute Gasteiger partial charge is 0.131 e. The predicted molar refractivity (Wildman–Crippen MR) is 96.5 cm³/mol. The van der Waals surface area contributed by atoms with Crippen molar-refractivity contribution < 1.29 is 14.2 Å². The molecule has 24 heavy (non-hydrogen) atoms. The van der Waals surface area contributed by atoms with Crippen LogP contribution in [0.3, 0.4) is 0 Å². The SMILES string of the molecule is COc1ccc(Cc2nc(-c3ccc(OC)cc3OC)cs2)cc1. The molecule has 0 saturated carbocycles. The topological polar surface area (TPSA) is 40.6 Å². The van der Waals surface area contributed by atoms with Gasteiger partial charge in [-0.1, -0.05) is 12.1 Å². The number of methoxy groups -OCH3 is 3. The van der Waals surface area contributed by atoms with E-state index in [9.17, 15) is 0 Å². The fourth-order valence-corrected chi connectivity index (χ4v) is 3.27. The minimum atomic E-state index is 0.760. The van der Waals surface area contributed by atoms with E-state index in [-0.39, 0.29) is 0 Å². The molecule has 0 spiro atoms. The van der Waals surface area contributed by atoms with E-state index in [0.717, 1.165) is 39.9 Å². The van der Waals surface area contributed by atoms with Crippen molar-refractivity contribution in [1.82, 2.24) is 4.98 Å². The number of ether oxygens (including phenoxy) is 3. The lowest BCUT2D eigenvalue weighted by Gasteiger charge is -2.08. The quantitative estimate of drug-likeness (QED) is 0.665. The third-order valence-corrected chi connectivity index (χ3v) is 4.60. The Balaban J connectivity index is 1.82. The van der Waals surface area contributed by atoms with E-state index in [1.165, 1.54) is 5.56 Å². The van der Waals surface area contributed by atoms with Crippen LogP contribution < -0.4 is 14.2 Å². The molecule has 0 unspecified atom stereocenters. The summed E-state index contributed by atoms with van der Waals surface area (Å²) in [4.78, 5) is 4.75. The Labute approximate surface area is 145 Å². The van der Waals surface area contributed by atoms with Crippen molar-refractivity contribution in [3.63, 3.8) is 0 Å². The Bertz CT molecular complexity index is 812. The molecule has 0 aliphatic carbocycles. The summed E-state index contributed by atoms with van der Waals surface area (Å²) >= 11 is 1.65. The van der Waals surface area contributed by atoms with Crippen molar-refractivity contribution in [2.45, 2.75) is 6.42 Å². The highest BCUT2D eigenvalue weighted by molar-refractivity contribution is 7.10. The minimum Gasteiger partial charge on any atom is -0.497 e. The van der Waals surface area contributed by atoms with Crippen LogP contribution in [0, 0.1) is 0 Å². The van der Waals surface area contributed by atoms with Gasteiger partial charge in [-0.05, 0) is 29.8 Å². The molecule has 5 heteroatoms. The van der Waals surface area contributed by atoms with E-state index < -0.39 is 0 Å². The van der Waals surface area contributed by atoms with Crippen LogP contribution in [0.25, 0.3) is 11.3 Å². The molecule has 0 N–H and O–H groups in total. The molecule has 0 amide bonds. The van der Waals surface area contributed by atoms with Gasteiger partial charge in [0, 0.05) is 23.4 Å². The van der Waals surface area contributed by atoms with Gasteiger partial charge in [-0.25, -0.2) is 4.98 Å². The number of nitrogens with zero attached hydrogens (tertiary/aromatic N) is 1. The molecule has 0 aliphatic heterocycles. The van der Waals surface area contributed by atoms with E-state index in [4.69, 9.17) is 19.2 Å². The van der Waals surface area contributed by atoms with Gasteiger partial charge in [-0.2, -0.15) is 0 Å². The third-order valence-electron chi connectivity index (χ3n) is 3.75. The van der Waals surface area contributed by atoms with Gasteiger partial charge in [0.25, 0.3) is 0 Å². The normalized spacial score (nSPS) is 10.5. The van der Waals surface area contributed by atoms with Crippen LogP contribution in [0.2, 0.25) is 0 Å². The summed E-state index contributed by atoms with van der Waals surface area (Å²) in [6, 6.07) is 13.8. The first-order chi connectivity index (χ1) is 11.7. The average Bonchev–Trinajstić information content (AvgIpc) is 3.10. The standard InChI is InChI=1S/C19H19NO3S/c1-21-14-6-4-13(5-7-14)10-19-20-17(12-24-19)16-9-8-15(22-2)11-18(16)23-3/h4-9,11-12H,10H2,1-3H3. The summed E-state index contributed by atoms with van der Waals surface area (Å²) in [5.41, 5.74) is 3.09. The zero-order chi connectivity index (χ0) is 16.9. The zero-order valence-corrected chi connectivity index (χ0v) is 14.7. The Morgan fingerprint density at radius 1 is 0.875 bits per heavy atom. The van der Waals surface area contributed by atoms with Crippen LogP contribution in [0.15, 0.2) is 47.8 Å². The maximum atomic E-state index is 5.47. The number of benzene rings is 2. The molecular formula is C19H19NO3S. The van der Waals surface area contributed by atoms with Crippen molar-refractivity contribution in [3.05, 3.63) is 58.4 Å². The van der Waals surface area contributed by atoms with Crippen LogP contribution >= 0.6 is 11.3 Å². The summed E-state index contributed by atoms with van der Waals surface area (Å²) in [6.07, 6.45) is 0.799. The van der Waals surface area contributed by atoms with Crippen LogP contribution in [0.5, 0.6) is 17.2 Å². The van der Waals surface area contributed by atoms with E-state index >= 15 is 0 Å². The second-order valence-corrected chi connectivity index (χ2v) is 6.16. The monoisotopic (exact) mass is 341 g/mol. The summed E-state index contributed by atoms with van der Waals surface area (Å²) in [7, 11) is 4.97. The maximum Gasteiger partial charge on any atom is 0.131 e. The van der Waals surface area contributed by atoms with Crippen molar-refractivity contribution in [2.75, 3.05) is 21.3 Å². The van der Waals surface area contributed by atoms with E-state index in [1.807, 2.05) is 30.3 Å². The summed E-state index contributed by atoms with van der Waals surface area (Å²) in [5.74, 6) is 2.39. The largest absolute Gasteiger partial charge is 0.497 e. The number of aromatic nitrogens is 1. The first-order valence-electron chi connectivity index (χ1n) is 7.53. The molecule has 3 aromatic rings. The molecule has 0 bridgehead atoms. The van der Waals surface area contributed by atoms with Gasteiger partial charge in [0.1, 0.15) is 17.2 Å². The Kier molecular flexibility index (Phi) is 5.01. The molecule has 2 aromatic carbocycles. The first kappa shape index (κ1) is 16.3. The molecule has 1 aromatic heterocycles. The number of thiazole rings is 1. The fraction of sp³-hybridized carbons (Fsp3) is 0.211. The Morgan fingerprint density at radius 2 is 1.58 bits per heavy atom. The maximum absolute atomic E-state index is 5.47. The number of rotatable bonds is 6. The van der Waals surface area contributed by atoms with Gasteiger partial charge in [-0.3, -0.25) is 0 Å². The molecule has 0 fully saturated rings. The van der Waals surface area contributed by atoms with Crippen LogP contribution in [-0.2, 0) is 6.42 Å². The highest BCUT2D eigenvalue weighted by Crippen LogP contribution is 2.34. The molecule has 1 heterocycles. The van der Waals surface area contributed by atoms with Crippen LogP contribution in [-0.4, -0.2) is 26.3 Å². The summed E-state index contributed by atoms with van der Waals surface area (Å²) in [6.45, 7) is 0. The fourth-order valence-electron chi connectivity index (χ4n) is 2.44. The molecule has 4 nitrogen and oxygen atoms in total. The Hall–Kier alpha value is -2.53. The summed E-state index contributed by atoms with van der Waals surface area (Å²) in [5, 5.41) is 3.12. The predicted octanol–water partition coefficient (Wildman–Crippen LogP) is 4.43. The molecule has 0 radical (unpaired) electrons. The first-order valence-corrected chi connectivity index (χ1v) is 8.41. The van der Waals surface area contributed by atoms with Gasteiger partial charge in [-0.15, -0.1) is 11.3 Å². The van der Waals surface area contributed by atoms with Crippen molar-refractivity contribution in [1.29, 1.82) is 0 Å². The number of hydrogen-bond acceptors (Lipinski definition) is 5. The Morgan fingerprint density at radius 3 is 2.25 bits per heavy atom. The molecule has 0 saturated heterocycles. The highest BCUT2D eigenvalue weighted by atomic mass is 32.1. The van der Waals surface area contributed by atoms with E-state index in [2.05, 4.69) is 17.5 Å². The van der Waals surface area contributed by atoms with Gasteiger partial charge >= 0.3 is 0 Å². The lowest BCUT2D eigenvalue weighted by atomic mass is 10.1. The van der Waals surface area contributed by atoms with Crippen molar-refractivity contribution in [2.24, 2.45) is 0 Å². The minimum absolute atomic E-state index is 0.760. The zero-order valence-electron chi connectivity index (χ0n) is 13.9. The van der Waals surface area contributed by atoms with Crippen LogP contribution in [0.4, 0.5) is 0 Å². The second-order valence-electron chi connectivity index (χ2n) is 5.22. The number of hydrogen-bond donors (Lipinski definition) is 0. The van der Waals surface area contributed by atoms with Crippen molar-refractivity contribution in [3.8, 4) is 28.5 Å². The summed E-state index contributed by atoms with van der Waals surface area (Å²) < 4.78 is 15.9. The van der Waals surface area contributed by atoms with Gasteiger partial charge in [0.05, 0.1) is 32.0 Å².